The third-order valence-corrected chi connectivity index (χ3v) is 14.0. The fourth-order valence-corrected chi connectivity index (χ4v) is 10.2. The number of esters is 1. The number of aryl methyl sites for hydroxylation is 1. The predicted octanol–water partition coefficient (Wildman–Crippen LogP) is 4.66. The van der Waals surface area contributed by atoms with E-state index in [9.17, 15) is 39.3 Å². The van der Waals surface area contributed by atoms with Crippen LogP contribution in [-0.4, -0.2) is 100 Å². The number of piperazine rings is 1. The van der Waals surface area contributed by atoms with Crippen molar-refractivity contribution in [3.63, 3.8) is 0 Å². The minimum atomic E-state index is -2.02. The third-order valence-electron chi connectivity index (χ3n) is 14.0. The van der Waals surface area contributed by atoms with Crippen LogP contribution in [0.1, 0.15) is 90.1 Å². The third kappa shape index (κ3) is 7.27. The zero-order valence-corrected chi connectivity index (χ0v) is 37.8. The number of aliphatic hydroxyl groups is 1. The molecule has 0 spiro atoms. The van der Waals surface area contributed by atoms with Crippen molar-refractivity contribution in [2.75, 3.05) is 32.8 Å². The first-order chi connectivity index (χ1) is 32.6. The van der Waals surface area contributed by atoms with Crippen molar-refractivity contribution in [1.82, 2.24) is 39.4 Å². The molecule has 4 aliphatic rings. The lowest BCUT2D eigenvalue weighted by Gasteiger charge is -2.34. The Balaban J connectivity index is 0.794. The number of benzene rings is 3. The molecule has 0 radical (unpaired) electrons. The highest BCUT2D eigenvalue weighted by molar-refractivity contribution is 5.94. The van der Waals surface area contributed by atoms with Crippen molar-refractivity contribution < 1.29 is 43.6 Å². The van der Waals surface area contributed by atoms with E-state index >= 15 is 4.39 Å². The first-order valence-electron chi connectivity index (χ1n) is 22.6. The lowest BCUT2D eigenvalue weighted by Crippen LogP contribution is -2.49. The number of pyridine rings is 2. The molecular weight excluding hydrogens is 880 g/mol. The molecular formula is C49H49FN8O10. The summed E-state index contributed by atoms with van der Waals surface area (Å²) >= 11 is 0. The van der Waals surface area contributed by atoms with E-state index in [0.29, 0.717) is 101 Å². The van der Waals surface area contributed by atoms with Gasteiger partial charge in [-0.05, 0) is 84.2 Å². The number of carbonyl (C=O) groups is 3. The van der Waals surface area contributed by atoms with Gasteiger partial charge in [0.05, 0.1) is 46.3 Å². The number of rotatable bonds is 9. The number of H-pyrrole nitrogens is 1. The van der Waals surface area contributed by atoms with E-state index in [2.05, 4.69) is 20.4 Å². The highest BCUT2D eigenvalue weighted by Gasteiger charge is 2.46. The number of amides is 2. The molecule has 10 rings (SSSR count). The zero-order valence-electron chi connectivity index (χ0n) is 37.8. The maximum Gasteiger partial charge on any atom is 0.410 e. The van der Waals surface area contributed by atoms with Gasteiger partial charge in [0, 0.05) is 61.4 Å². The van der Waals surface area contributed by atoms with Crippen LogP contribution in [0.5, 0.6) is 11.5 Å². The summed E-state index contributed by atoms with van der Waals surface area (Å²) in [6.45, 7) is 8.74. The smallest absolute Gasteiger partial charge is 0.410 e. The first kappa shape index (κ1) is 44.5. The normalized spacial score (nSPS) is 18.6. The number of hydrogen-bond donors (Lipinski definition) is 5. The highest BCUT2D eigenvalue weighted by Crippen LogP contribution is 2.46. The largest absolute Gasteiger partial charge is 0.508 e. The molecule has 1 saturated heterocycles. The van der Waals surface area contributed by atoms with Crippen LogP contribution in [0.25, 0.3) is 39.4 Å². The number of aromatic amines is 1. The van der Waals surface area contributed by atoms with Crippen LogP contribution >= 0.6 is 0 Å². The number of ether oxygens (including phenoxy) is 2. The SMILES string of the molecule is CC[C@@]1(O)C(=O)OCc2c1cc1n(c2=O)Cc2c-1nc1cc(F)c(C)c3c1c2[C@@H](NC(=O)COC(=O)N1CCN(Cc2ccc(-n4c(-c5cc(C(C)C)c(O)cc5O)n[nH]c4=O)cc2)CC1)CC3. The number of aromatic hydroxyl groups is 2. The summed E-state index contributed by atoms with van der Waals surface area (Å²) in [4.78, 5) is 75.1. The molecule has 3 aliphatic heterocycles. The Morgan fingerprint density at radius 3 is 2.49 bits per heavy atom. The molecule has 18 nitrogen and oxygen atoms in total. The Morgan fingerprint density at radius 1 is 1.01 bits per heavy atom. The first-order valence-corrected chi connectivity index (χ1v) is 22.6. The zero-order chi connectivity index (χ0) is 47.9. The van der Waals surface area contributed by atoms with E-state index in [1.54, 1.807) is 43.0 Å². The lowest BCUT2D eigenvalue weighted by atomic mass is 9.81. The molecule has 3 aromatic heterocycles. The van der Waals surface area contributed by atoms with Crippen molar-refractivity contribution in [3.05, 3.63) is 120 Å². The number of nitrogens with one attached hydrogen (secondary N) is 2. The van der Waals surface area contributed by atoms with Gasteiger partial charge in [0.15, 0.2) is 18.0 Å². The van der Waals surface area contributed by atoms with Crippen molar-refractivity contribution in [2.24, 2.45) is 0 Å². The fraction of sp³-hybridized carbons (Fsp3) is 0.367. The number of aromatic nitrogens is 5. The number of phenols is 2. The van der Waals surface area contributed by atoms with E-state index in [4.69, 9.17) is 14.5 Å². The maximum absolute atomic E-state index is 15.4. The molecule has 0 unspecified atom stereocenters. The Hall–Kier alpha value is -7.38. The number of fused-ring (bicyclic) bond motifs is 5. The Bertz CT molecular complexity index is 3230. The summed E-state index contributed by atoms with van der Waals surface area (Å²) in [5.74, 6) is -1.93. The molecule has 6 heterocycles. The van der Waals surface area contributed by atoms with Gasteiger partial charge in [0.1, 0.15) is 23.9 Å². The van der Waals surface area contributed by atoms with Gasteiger partial charge in [0.2, 0.25) is 0 Å². The molecule has 5 N–H and O–H groups in total. The monoisotopic (exact) mass is 928 g/mol. The Morgan fingerprint density at radius 2 is 1.76 bits per heavy atom. The van der Waals surface area contributed by atoms with E-state index in [0.717, 1.165) is 11.1 Å². The van der Waals surface area contributed by atoms with Crippen molar-refractivity contribution in [3.8, 4) is 40.0 Å². The van der Waals surface area contributed by atoms with Crippen LogP contribution in [0.3, 0.4) is 0 Å². The van der Waals surface area contributed by atoms with Crippen molar-refractivity contribution in [2.45, 2.75) is 84.2 Å². The van der Waals surface area contributed by atoms with Gasteiger partial charge in [-0.2, -0.15) is 5.10 Å². The van der Waals surface area contributed by atoms with Crippen LogP contribution in [0, 0.1) is 12.7 Å². The molecule has 0 saturated carbocycles. The Kier molecular flexibility index (Phi) is 10.9. The van der Waals surface area contributed by atoms with Gasteiger partial charge in [-0.3, -0.25) is 14.5 Å². The molecule has 352 valence electrons. The van der Waals surface area contributed by atoms with Gasteiger partial charge >= 0.3 is 17.8 Å². The standard InChI is InChI=1S/C49H49FN8O10/c1-5-49(66)33-17-37-43-31(21-57(37)45(62)32(33)22-67-46(49)63)42-35(11-10-28-25(4)34(50)18-36(52-43)41(28)42)51-40(61)23-68-48(65)56-14-12-55(13-15-56)20-26-6-8-27(9-7-26)58-44(53-54-47(58)64)30-16-29(24(2)3)38(59)19-39(30)60/h6-9,16-19,24,35,59-60,66H,5,10-15,20-23H2,1-4H3,(H,51,61)(H,54,64)/t35-,49-/m0/s1. The van der Waals surface area contributed by atoms with Crippen LogP contribution in [0.15, 0.2) is 58.1 Å². The topological polar surface area (TPSA) is 234 Å². The number of halogens is 1. The van der Waals surface area contributed by atoms with Crippen molar-refractivity contribution >= 4 is 28.9 Å². The van der Waals surface area contributed by atoms with Gasteiger partial charge < -0.3 is 39.6 Å². The molecule has 68 heavy (non-hydrogen) atoms. The number of nitrogens with zero attached hydrogens (tertiary/aromatic N) is 6. The molecule has 0 bridgehead atoms. The fourth-order valence-electron chi connectivity index (χ4n) is 10.2. The van der Waals surface area contributed by atoms with Crippen LogP contribution in [-0.2, 0) is 50.8 Å². The maximum atomic E-state index is 15.4. The summed E-state index contributed by atoms with van der Waals surface area (Å²) in [7, 11) is 0. The minimum Gasteiger partial charge on any atom is -0.508 e. The molecule has 3 aromatic carbocycles. The van der Waals surface area contributed by atoms with E-state index in [-0.39, 0.29) is 53.9 Å². The molecule has 1 fully saturated rings. The second kappa shape index (κ2) is 16.7. The van der Waals surface area contributed by atoms with Gasteiger partial charge in [-0.15, -0.1) is 0 Å². The lowest BCUT2D eigenvalue weighted by molar-refractivity contribution is -0.172. The molecule has 1 aliphatic carbocycles. The molecule has 2 amide bonds. The van der Waals surface area contributed by atoms with Crippen LogP contribution < -0.4 is 16.6 Å². The van der Waals surface area contributed by atoms with E-state index < -0.39 is 53.3 Å². The highest BCUT2D eigenvalue weighted by atomic mass is 19.1. The number of hydrogen-bond acceptors (Lipinski definition) is 13. The summed E-state index contributed by atoms with van der Waals surface area (Å²) in [6.07, 6.45) is 0.183. The summed E-state index contributed by atoms with van der Waals surface area (Å²) in [5, 5.41) is 42.7. The van der Waals surface area contributed by atoms with E-state index in [1.165, 1.54) is 21.3 Å². The average Bonchev–Trinajstić information content (AvgIpc) is 3.89. The van der Waals surface area contributed by atoms with Crippen LogP contribution in [0.4, 0.5) is 9.18 Å². The molecule has 2 atom stereocenters. The second-order valence-corrected chi connectivity index (χ2v) is 18.2. The quantitative estimate of drug-likeness (QED) is 0.124. The van der Waals surface area contributed by atoms with Gasteiger partial charge in [-0.1, -0.05) is 32.9 Å². The predicted molar refractivity (Wildman–Crippen MR) is 244 cm³/mol. The number of cyclic esters (lactones) is 1. The molecule has 19 heteroatoms. The van der Waals surface area contributed by atoms with Crippen LogP contribution in [0.2, 0.25) is 0 Å². The Labute approximate surface area is 387 Å². The molecule has 6 aromatic rings. The summed E-state index contributed by atoms with van der Waals surface area (Å²) < 4.78 is 29.0. The number of phenolic OH excluding ortho intramolecular Hbond substituents is 2. The van der Waals surface area contributed by atoms with E-state index in [1.807, 2.05) is 26.0 Å². The summed E-state index contributed by atoms with van der Waals surface area (Å²) in [5.41, 5.74) is 3.41. The van der Waals surface area contributed by atoms with Gasteiger partial charge in [0.25, 0.3) is 11.5 Å². The van der Waals surface area contributed by atoms with Gasteiger partial charge in [-0.25, -0.2) is 33.4 Å². The number of carbonyl (C=O) groups excluding carboxylic acids is 3. The average molecular weight is 929 g/mol. The van der Waals surface area contributed by atoms with Crippen molar-refractivity contribution in [1.29, 1.82) is 0 Å². The summed E-state index contributed by atoms with van der Waals surface area (Å²) in [6, 6.07) is 12.6. The minimum absolute atomic E-state index is 0.0245. The second-order valence-electron chi connectivity index (χ2n) is 18.2.